The van der Waals surface area contributed by atoms with Crippen molar-refractivity contribution in [3.05, 3.63) is 23.8 Å². The van der Waals surface area contributed by atoms with Gasteiger partial charge in [0.15, 0.2) is 11.5 Å². The van der Waals surface area contributed by atoms with Crippen LogP contribution in [0.5, 0.6) is 11.5 Å². The van der Waals surface area contributed by atoms with E-state index in [0.29, 0.717) is 17.7 Å². The zero-order chi connectivity index (χ0) is 18.3. The number of hydrazone groups is 1. The number of ether oxygens (including phenoxy) is 1. The molecule has 1 rings (SSSR count). The molecular formula is C20H32N2O3. The molecule has 5 nitrogen and oxygen atoms in total. The summed E-state index contributed by atoms with van der Waals surface area (Å²) in [5.41, 5.74) is 3.00. The van der Waals surface area contributed by atoms with Crippen LogP contribution in [0.25, 0.3) is 0 Å². The fraction of sp³-hybridized carbons (Fsp3) is 0.600. The molecule has 0 atom stereocenters. The molecule has 0 aliphatic carbocycles. The van der Waals surface area contributed by atoms with Gasteiger partial charge in [-0.2, -0.15) is 5.10 Å². The zero-order valence-electron chi connectivity index (χ0n) is 15.6. The molecule has 0 fully saturated rings. The van der Waals surface area contributed by atoms with Gasteiger partial charge in [-0.25, -0.2) is 5.43 Å². The number of unbranched alkanes of at least 4 members (excludes halogenated alkanes) is 8. The summed E-state index contributed by atoms with van der Waals surface area (Å²) in [6, 6.07) is 5.12. The lowest BCUT2D eigenvalue weighted by Gasteiger charge is -2.05. The number of hydrogen-bond acceptors (Lipinski definition) is 4. The van der Waals surface area contributed by atoms with Gasteiger partial charge in [0.25, 0.3) is 0 Å². The predicted octanol–water partition coefficient (Wildman–Crippen LogP) is 4.77. The molecule has 1 aromatic carbocycles. The minimum absolute atomic E-state index is 0.0157. The van der Waals surface area contributed by atoms with Crippen LogP contribution in [0.15, 0.2) is 23.3 Å². The number of nitrogens with zero attached hydrogens (tertiary/aromatic N) is 1. The number of hydrogen-bond donors (Lipinski definition) is 2. The Bertz CT molecular complexity index is 530. The normalized spacial score (nSPS) is 11.0. The minimum Gasteiger partial charge on any atom is -0.504 e. The fourth-order valence-electron chi connectivity index (χ4n) is 2.63. The third kappa shape index (κ3) is 9.13. The van der Waals surface area contributed by atoms with E-state index in [9.17, 15) is 9.90 Å². The second kappa shape index (κ2) is 13.3. The van der Waals surface area contributed by atoms with Crippen molar-refractivity contribution in [2.75, 3.05) is 7.11 Å². The number of benzene rings is 1. The summed E-state index contributed by atoms with van der Waals surface area (Å²) < 4.78 is 5.03. The van der Waals surface area contributed by atoms with Crippen molar-refractivity contribution >= 4 is 12.1 Å². The molecule has 0 bridgehead atoms. The average molecular weight is 348 g/mol. The van der Waals surface area contributed by atoms with E-state index in [1.165, 1.54) is 58.3 Å². The summed E-state index contributed by atoms with van der Waals surface area (Å²) in [6.07, 6.45) is 13.0. The van der Waals surface area contributed by atoms with E-state index >= 15 is 0 Å². The first kappa shape index (κ1) is 21.0. The molecule has 1 amide bonds. The Morgan fingerprint density at radius 1 is 1.12 bits per heavy atom. The average Bonchev–Trinajstić information content (AvgIpc) is 2.62. The lowest BCUT2D eigenvalue weighted by Crippen LogP contribution is -2.16. The topological polar surface area (TPSA) is 70.9 Å². The molecule has 0 heterocycles. The number of aromatic hydroxyl groups is 1. The largest absolute Gasteiger partial charge is 0.504 e. The Morgan fingerprint density at radius 3 is 2.40 bits per heavy atom. The Balaban J connectivity index is 2.13. The van der Waals surface area contributed by atoms with E-state index in [1.54, 1.807) is 18.2 Å². The van der Waals surface area contributed by atoms with E-state index in [-0.39, 0.29) is 11.7 Å². The first-order valence-corrected chi connectivity index (χ1v) is 9.37. The molecule has 0 radical (unpaired) electrons. The van der Waals surface area contributed by atoms with Crippen molar-refractivity contribution in [2.45, 2.75) is 71.1 Å². The van der Waals surface area contributed by atoms with Crippen molar-refractivity contribution in [3.63, 3.8) is 0 Å². The van der Waals surface area contributed by atoms with Crippen molar-refractivity contribution in [2.24, 2.45) is 5.10 Å². The zero-order valence-corrected chi connectivity index (χ0v) is 15.6. The van der Waals surface area contributed by atoms with Crippen molar-refractivity contribution in [1.82, 2.24) is 5.43 Å². The molecule has 25 heavy (non-hydrogen) atoms. The van der Waals surface area contributed by atoms with Gasteiger partial charge in [0.05, 0.1) is 13.3 Å². The van der Waals surface area contributed by atoms with Crippen LogP contribution in [0, 0.1) is 0 Å². The van der Waals surface area contributed by atoms with Gasteiger partial charge < -0.3 is 9.84 Å². The number of para-hydroxylation sites is 1. The number of methoxy groups -OCH3 is 1. The molecular weight excluding hydrogens is 316 g/mol. The van der Waals surface area contributed by atoms with Crippen LogP contribution in [0.2, 0.25) is 0 Å². The number of phenolic OH excluding ortho intramolecular Hbond substituents is 1. The molecule has 0 unspecified atom stereocenters. The molecule has 0 aliphatic heterocycles. The van der Waals surface area contributed by atoms with E-state index < -0.39 is 0 Å². The summed E-state index contributed by atoms with van der Waals surface area (Å²) >= 11 is 0. The first-order valence-electron chi connectivity index (χ1n) is 9.37. The summed E-state index contributed by atoms with van der Waals surface area (Å²) in [5, 5.41) is 13.8. The van der Waals surface area contributed by atoms with Crippen LogP contribution in [0.1, 0.15) is 76.7 Å². The Hall–Kier alpha value is -2.04. The lowest BCUT2D eigenvalue weighted by molar-refractivity contribution is -0.121. The second-order valence-electron chi connectivity index (χ2n) is 6.27. The predicted molar refractivity (Wildman–Crippen MR) is 102 cm³/mol. The molecule has 0 aromatic heterocycles. The van der Waals surface area contributed by atoms with Gasteiger partial charge >= 0.3 is 0 Å². The van der Waals surface area contributed by atoms with Crippen LogP contribution in [-0.4, -0.2) is 24.3 Å². The van der Waals surface area contributed by atoms with Gasteiger partial charge in [-0.3, -0.25) is 4.79 Å². The highest BCUT2D eigenvalue weighted by Gasteiger charge is 2.05. The van der Waals surface area contributed by atoms with Gasteiger partial charge in [0.2, 0.25) is 5.91 Å². The van der Waals surface area contributed by atoms with Crippen LogP contribution in [-0.2, 0) is 4.79 Å². The Morgan fingerprint density at radius 2 is 1.76 bits per heavy atom. The maximum Gasteiger partial charge on any atom is 0.240 e. The van der Waals surface area contributed by atoms with Crippen LogP contribution < -0.4 is 10.2 Å². The second-order valence-corrected chi connectivity index (χ2v) is 6.27. The quantitative estimate of drug-likeness (QED) is 0.306. The van der Waals surface area contributed by atoms with E-state index in [0.717, 1.165) is 12.8 Å². The molecule has 0 saturated carbocycles. The maximum absolute atomic E-state index is 11.7. The number of phenols is 1. The van der Waals surface area contributed by atoms with E-state index in [1.807, 2.05) is 0 Å². The fourth-order valence-corrected chi connectivity index (χ4v) is 2.63. The van der Waals surface area contributed by atoms with Crippen molar-refractivity contribution < 1.29 is 14.6 Å². The van der Waals surface area contributed by atoms with Gasteiger partial charge in [-0.05, 0) is 18.6 Å². The molecule has 0 spiro atoms. The Kier molecular flexibility index (Phi) is 11.2. The van der Waals surface area contributed by atoms with Gasteiger partial charge in [-0.15, -0.1) is 0 Å². The van der Waals surface area contributed by atoms with Gasteiger partial charge in [-0.1, -0.05) is 64.4 Å². The molecule has 0 saturated heterocycles. The molecule has 140 valence electrons. The Labute approximate surface area is 151 Å². The number of nitrogens with one attached hydrogen (secondary N) is 1. The van der Waals surface area contributed by atoms with Gasteiger partial charge in [0.1, 0.15) is 0 Å². The molecule has 0 aliphatic rings. The standard InChI is InChI=1S/C20H32N2O3/c1-3-4-5-6-7-8-9-10-11-15-19(23)22-21-16-17-13-12-14-18(25-2)20(17)24/h12-14,16,24H,3-11,15H2,1-2H3,(H,22,23)/b21-16+. The number of carbonyl (C=O) groups excluding carboxylic acids is 1. The highest BCUT2D eigenvalue weighted by atomic mass is 16.5. The van der Waals surface area contributed by atoms with Crippen molar-refractivity contribution in [1.29, 1.82) is 0 Å². The molecule has 2 N–H and O–H groups in total. The number of rotatable bonds is 13. The highest BCUT2D eigenvalue weighted by Crippen LogP contribution is 2.27. The van der Waals surface area contributed by atoms with E-state index in [2.05, 4.69) is 17.5 Å². The maximum atomic E-state index is 11.7. The number of carbonyl (C=O) groups is 1. The highest BCUT2D eigenvalue weighted by molar-refractivity contribution is 5.86. The third-order valence-corrected chi connectivity index (χ3v) is 4.15. The summed E-state index contributed by atoms with van der Waals surface area (Å²) in [5.74, 6) is 0.300. The van der Waals surface area contributed by atoms with Crippen LogP contribution in [0.3, 0.4) is 0 Å². The van der Waals surface area contributed by atoms with Crippen LogP contribution >= 0.6 is 0 Å². The summed E-state index contributed by atoms with van der Waals surface area (Å²) in [7, 11) is 1.49. The summed E-state index contributed by atoms with van der Waals surface area (Å²) in [4.78, 5) is 11.7. The summed E-state index contributed by atoms with van der Waals surface area (Å²) in [6.45, 7) is 2.23. The van der Waals surface area contributed by atoms with Gasteiger partial charge in [0, 0.05) is 12.0 Å². The first-order chi connectivity index (χ1) is 12.2. The third-order valence-electron chi connectivity index (χ3n) is 4.15. The minimum atomic E-state index is -0.0958. The smallest absolute Gasteiger partial charge is 0.240 e. The molecule has 5 heteroatoms. The SMILES string of the molecule is CCCCCCCCCCCC(=O)N/N=C/c1cccc(OC)c1O. The van der Waals surface area contributed by atoms with Crippen molar-refractivity contribution in [3.8, 4) is 11.5 Å². The monoisotopic (exact) mass is 348 g/mol. The lowest BCUT2D eigenvalue weighted by atomic mass is 10.1. The molecule has 1 aromatic rings. The number of amides is 1. The van der Waals surface area contributed by atoms with Crippen LogP contribution in [0.4, 0.5) is 0 Å². The van der Waals surface area contributed by atoms with E-state index in [4.69, 9.17) is 4.74 Å².